The molecule has 0 fully saturated rings. The van der Waals surface area contributed by atoms with Crippen LogP contribution in [0.2, 0.25) is 0 Å². The van der Waals surface area contributed by atoms with Crippen molar-refractivity contribution in [3.8, 4) is 16.8 Å². The lowest BCUT2D eigenvalue weighted by Crippen LogP contribution is -2.38. The molecule has 3 nitrogen and oxygen atoms in total. The van der Waals surface area contributed by atoms with Gasteiger partial charge in [-0.3, -0.25) is 4.98 Å². The van der Waals surface area contributed by atoms with Crippen LogP contribution in [0, 0.1) is 0 Å². The van der Waals surface area contributed by atoms with Crippen LogP contribution in [-0.2, 0) is 5.41 Å². The lowest BCUT2D eigenvalue weighted by atomic mass is 9.71. The molecule has 1 N–H and O–H groups in total. The number of pyridine rings is 1. The third kappa shape index (κ3) is 3.02. The molecule has 3 heteroatoms. The summed E-state index contributed by atoms with van der Waals surface area (Å²) < 4.78 is 2.43. The Kier molecular flexibility index (Phi) is 4.88. The summed E-state index contributed by atoms with van der Waals surface area (Å²) in [7, 11) is 0. The number of hydrogen-bond acceptors (Lipinski definition) is 2. The van der Waals surface area contributed by atoms with Crippen LogP contribution < -0.4 is 5.32 Å². The molecule has 3 heterocycles. The van der Waals surface area contributed by atoms with Gasteiger partial charge in [0.05, 0.1) is 16.7 Å². The minimum Gasteiger partial charge on any atom is -0.384 e. The fourth-order valence-electron chi connectivity index (χ4n) is 7.43. The maximum atomic E-state index is 5.02. The van der Waals surface area contributed by atoms with Crippen LogP contribution in [0.4, 0.5) is 0 Å². The predicted molar refractivity (Wildman–Crippen MR) is 173 cm³/mol. The predicted octanol–water partition coefficient (Wildman–Crippen LogP) is 8.69. The van der Waals surface area contributed by atoms with E-state index in [-0.39, 0.29) is 0 Å². The Morgan fingerprint density at radius 2 is 1.52 bits per heavy atom. The lowest BCUT2D eigenvalue weighted by molar-refractivity contribution is 0.642. The van der Waals surface area contributed by atoms with Gasteiger partial charge in [0.1, 0.15) is 5.41 Å². The van der Waals surface area contributed by atoms with E-state index in [1.807, 2.05) is 12.3 Å². The van der Waals surface area contributed by atoms with Crippen molar-refractivity contribution in [1.29, 1.82) is 0 Å². The third-order valence-corrected chi connectivity index (χ3v) is 9.10. The molecule has 2 aromatic heterocycles. The monoisotopic (exact) mass is 537 g/mol. The van der Waals surface area contributed by atoms with Crippen LogP contribution >= 0.6 is 0 Å². The molecule has 0 spiro atoms. The molecule has 0 saturated heterocycles. The molecule has 5 aromatic carbocycles. The Bertz CT molecular complexity index is 2250. The number of nitrogens with one attached hydrogen (secondary N) is 1. The molecule has 1 aliphatic heterocycles. The second-order valence-electron chi connectivity index (χ2n) is 11.2. The fourth-order valence-corrected chi connectivity index (χ4v) is 7.43. The molecule has 42 heavy (non-hydrogen) atoms. The number of nitrogens with zero attached hydrogens (tertiary/aromatic N) is 2. The maximum absolute atomic E-state index is 5.02. The van der Waals surface area contributed by atoms with Crippen LogP contribution in [0.5, 0.6) is 0 Å². The van der Waals surface area contributed by atoms with Crippen LogP contribution in [0.15, 0.2) is 151 Å². The molecule has 198 valence electrons. The summed E-state index contributed by atoms with van der Waals surface area (Å²) in [6.45, 7) is 0.793. The van der Waals surface area contributed by atoms with Crippen molar-refractivity contribution in [1.82, 2.24) is 14.9 Å². The van der Waals surface area contributed by atoms with Crippen molar-refractivity contribution in [2.24, 2.45) is 0 Å². The SMILES string of the molecule is C1=CCNC(C2(c3ccccn3)c3ccccc3-c3c2ccc2c3c3ccccc3n2-c2ccc3ccccc3c2)=C1. The Morgan fingerprint density at radius 1 is 0.690 bits per heavy atom. The minimum absolute atomic E-state index is 0.543. The molecule has 0 saturated carbocycles. The van der Waals surface area contributed by atoms with E-state index in [0.29, 0.717) is 0 Å². The van der Waals surface area contributed by atoms with Gasteiger partial charge in [0.25, 0.3) is 0 Å². The van der Waals surface area contributed by atoms with Crippen LogP contribution in [0.3, 0.4) is 0 Å². The van der Waals surface area contributed by atoms with Crippen molar-refractivity contribution in [2.75, 3.05) is 6.54 Å². The summed E-state index contributed by atoms with van der Waals surface area (Å²) in [4.78, 5) is 5.02. The van der Waals surface area contributed by atoms with E-state index >= 15 is 0 Å². The van der Waals surface area contributed by atoms with Gasteiger partial charge in [-0.25, -0.2) is 0 Å². The molecular weight excluding hydrogens is 510 g/mol. The maximum Gasteiger partial charge on any atom is 0.103 e. The first-order valence-corrected chi connectivity index (χ1v) is 14.5. The van der Waals surface area contributed by atoms with E-state index in [1.165, 1.54) is 60.5 Å². The van der Waals surface area contributed by atoms with Crippen molar-refractivity contribution >= 4 is 32.6 Å². The van der Waals surface area contributed by atoms with Gasteiger partial charge in [-0.1, -0.05) is 97.1 Å². The smallest absolute Gasteiger partial charge is 0.103 e. The molecule has 0 amide bonds. The van der Waals surface area contributed by atoms with Gasteiger partial charge in [-0.05, 0) is 75.5 Å². The van der Waals surface area contributed by atoms with Gasteiger partial charge in [0, 0.05) is 34.9 Å². The minimum atomic E-state index is -0.543. The zero-order valence-corrected chi connectivity index (χ0v) is 23.0. The largest absolute Gasteiger partial charge is 0.384 e. The van der Waals surface area contributed by atoms with E-state index in [9.17, 15) is 0 Å². The molecule has 0 radical (unpaired) electrons. The van der Waals surface area contributed by atoms with Crippen LogP contribution in [0.1, 0.15) is 16.8 Å². The summed E-state index contributed by atoms with van der Waals surface area (Å²) in [5.41, 5.74) is 10.3. The lowest BCUT2D eigenvalue weighted by Gasteiger charge is -2.35. The zero-order chi connectivity index (χ0) is 27.7. The summed E-state index contributed by atoms with van der Waals surface area (Å²) >= 11 is 0. The number of dihydropyridines is 1. The summed E-state index contributed by atoms with van der Waals surface area (Å²) in [5.74, 6) is 0. The van der Waals surface area contributed by atoms with Crippen LogP contribution in [0.25, 0.3) is 49.4 Å². The summed E-state index contributed by atoms with van der Waals surface area (Å²) in [6.07, 6.45) is 8.48. The first kappa shape index (κ1) is 23.3. The van der Waals surface area contributed by atoms with Gasteiger partial charge in [0.15, 0.2) is 0 Å². The van der Waals surface area contributed by atoms with E-state index in [0.717, 1.165) is 17.9 Å². The zero-order valence-electron chi connectivity index (χ0n) is 23.0. The standard InChI is InChI=1S/C39H27N3/c1-2-12-27-25-28(20-19-26(27)11-1)42-33-16-6-4-14-30(33)38-34(42)22-21-32-37(38)29-13-3-5-15-31(29)39(32,35-17-7-9-23-40-35)36-18-8-10-24-41-36/h1-23,25,41H,24H2. The molecule has 1 atom stereocenters. The summed E-state index contributed by atoms with van der Waals surface area (Å²) in [5, 5.41) is 8.78. The highest BCUT2D eigenvalue weighted by Crippen LogP contribution is 2.58. The van der Waals surface area contributed by atoms with Gasteiger partial charge in [-0.2, -0.15) is 0 Å². The second-order valence-corrected chi connectivity index (χ2v) is 11.2. The molecule has 0 bridgehead atoms. The Labute approximate surface area is 244 Å². The van der Waals surface area contributed by atoms with Gasteiger partial charge >= 0.3 is 0 Å². The van der Waals surface area contributed by atoms with E-state index < -0.39 is 5.41 Å². The average Bonchev–Trinajstić information content (AvgIpc) is 3.56. The number of hydrogen-bond donors (Lipinski definition) is 1. The Balaban J connectivity index is 1.44. The van der Waals surface area contributed by atoms with Crippen molar-refractivity contribution in [3.63, 3.8) is 0 Å². The quantitative estimate of drug-likeness (QED) is 0.244. The van der Waals surface area contributed by atoms with Gasteiger partial charge < -0.3 is 9.88 Å². The highest BCUT2D eigenvalue weighted by Gasteiger charge is 2.49. The van der Waals surface area contributed by atoms with E-state index in [4.69, 9.17) is 4.98 Å². The number of para-hydroxylation sites is 1. The Morgan fingerprint density at radius 3 is 2.40 bits per heavy atom. The van der Waals surface area contributed by atoms with Gasteiger partial charge in [0.2, 0.25) is 0 Å². The average molecular weight is 538 g/mol. The van der Waals surface area contributed by atoms with Crippen LogP contribution in [-0.4, -0.2) is 16.1 Å². The van der Waals surface area contributed by atoms with E-state index in [2.05, 4.69) is 143 Å². The number of fused-ring (bicyclic) bond motifs is 8. The fraction of sp³-hybridized carbons (Fsp3) is 0.0513. The molecule has 1 aliphatic carbocycles. The number of allylic oxidation sites excluding steroid dienone is 3. The second kappa shape index (κ2) is 8.79. The first-order chi connectivity index (χ1) is 20.9. The first-order valence-electron chi connectivity index (χ1n) is 14.5. The topological polar surface area (TPSA) is 29.9 Å². The number of rotatable bonds is 3. The number of benzene rings is 5. The molecule has 7 aromatic rings. The van der Waals surface area contributed by atoms with Crippen molar-refractivity contribution in [2.45, 2.75) is 5.41 Å². The highest BCUT2D eigenvalue weighted by atomic mass is 15.0. The molecular formula is C39H27N3. The molecule has 2 aliphatic rings. The van der Waals surface area contributed by atoms with Crippen molar-refractivity contribution in [3.05, 3.63) is 168 Å². The highest BCUT2D eigenvalue weighted by molar-refractivity contribution is 6.18. The Hall–Kier alpha value is -5.41. The molecule has 1 unspecified atom stereocenters. The molecule has 9 rings (SSSR count). The summed E-state index contributed by atoms with van der Waals surface area (Å²) in [6, 6.07) is 44.1. The van der Waals surface area contributed by atoms with Crippen molar-refractivity contribution < 1.29 is 0 Å². The van der Waals surface area contributed by atoms with E-state index in [1.54, 1.807) is 0 Å². The number of aromatic nitrogens is 2. The third-order valence-electron chi connectivity index (χ3n) is 9.10. The van der Waals surface area contributed by atoms with Gasteiger partial charge in [-0.15, -0.1) is 0 Å². The normalized spacial score (nSPS) is 17.3.